The van der Waals surface area contributed by atoms with Crippen molar-refractivity contribution in [2.75, 3.05) is 6.54 Å². The molecule has 1 fully saturated rings. The van der Waals surface area contributed by atoms with Crippen LogP contribution in [-0.2, 0) is 4.79 Å². The predicted octanol–water partition coefficient (Wildman–Crippen LogP) is 2.31. The smallest absolute Gasteiger partial charge is 0.224 e. The van der Waals surface area contributed by atoms with Crippen LogP contribution in [0.2, 0.25) is 0 Å². The molecular weight excluding hydrogens is 345 g/mol. The van der Waals surface area contributed by atoms with Crippen molar-refractivity contribution in [3.63, 3.8) is 0 Å². The van der Waals surface area contributed by atoms with E-state index in [-0.39, 0.29) is 36.1 Å². The van der Waals surface area contributed by atoms with Gasteiger partial charge in [-0.1, -0.05) is 11.6 Å². The van der Waals surface area contributed by atoms with E-state index in [2.05, 4.69) is 22.9 Å². The summed E-state index contributed by atoms with van der Waals surface area (Å²) in [4.78, 5) is 12.6. The van der Waals surface area contributed by atoms with Gasteiger partial charge >= 0.3 is 0 Å². The maximum absolute atomic E-state index is 13.3. The molecule has 0 aliphatic carbocycles. The summed E-state index contributed by atoms with van der Waals surface area (Å²) in [5.74, 6) is -0.144. The van der Waals surface area contributed by atoms with Crippen LogP contribution < -0.4 is 16.0 Å². The van der Waals surface area contributed by atoms with Gasteiger partial charge in [0.15, 0.2) is 0 Å². The third-order valence-corrected chi connectivity index (χ3v) is 6.03. The van der Waals surface area contributed by atoms with E-state index in [4.69, 9.17) is 0 Å². The summed E-state index contributed by atoms with van der Waals surface area (Å²) in [6.07, 6.45) is 0.328. The van der Waals surface area contributed by atoms with Gasteiger partial charge in [0.25, 0.3) is 0 Å². The van der Waals surface area contributed by atoms with Crippen LogP contribution in [0.25, 0.3) is 0 Å². The van der Waals surface area contributed by atoms with Crippen molar-refractivity contribution in [1.82, 2.24) is 16.0 Å². The molecule has 0 radical (unpaired) electrons. The molecule has 6 heteroatoms. The Morgan fingerprint density at radius 2 is 2.15 bits per heavy atom. The SMILES string of the molecule is CC1=C(CC(=O)N[C@@H](C)c2ccc(F)cc2C)C(O)NC2CCNC(C)C12. The number of benzene rings is 1. The number of rotatable bonds is 4. The molecule has 1 saturated heterocycles. The number of amides is 1. The van der Waals surface area contributed by atoms with Crippen molar-refractivity contribution in [3.05, 3.63) is 46.3 Å². The Kier molecular flexibility index (Phi) is 5.99. The fourth-order valence-corrected chi connectivity index (χ4v) is 4.62. The fourth-order valence-electron chi connectivity index (χ4n) is 4.62. The lowest BCUT2D eigenvalue weighted by molar-refractivity contribution is -0.121. The fraction of sp³-hybridized carbons (Fsp3) is 0.571. The summed E-state index contributed by atoms with van der Waals surface area (Å²) in [6, 6.07) is 4.90. The number of carbonyl (C=O) groups excluding carboxylic acids is 1. The zero-order valence-electron chi connectivity index (χ0n) is 16.5. The first-order chi connectivity index (χ1) is 12.8. The number of piperidine rings is 1. The average Bonchev–Trinajstić information content (AvgIpc) is 2.58. The van der Waals surface area contributed by atoms with Crippen LogP contribution in [0.5, 0.6) is 0 Å². The molecule has 4 N–H and O–H groups in total. The number of aliphatic hydroxyl groups excluding tert-OH is 1. The quantitative estimate of drug-likeness (QED) is 0.610. The second-order valence-corrected chi connectivity index (χ2v) is 7.91. The van der Waals surface area contributed by atoms with Crippen LogP contribution in [0.3, 0.4) is 0 Å². The Morgan fingerprint density at radius 3 is 2.85 bits per heavy atom. The lowest BCUT2D eigenvalue weighted by Gasteiger charge is -2.44. The first-order valence-electron chi connectivity index (χ1n) is 9.70. The highest BCUT2D eigenvalue weighted by molar-refractivity contribution is 5.79. The molecule has 0 bridgehead atoms. The highest BCUT2D eigenvalue weighted by Gasteiger charge is 2.39. The summed E-state index contributed by atoms with van der Waals surface area (Å²) in [7, 11) is 0. The summed E-state index contributed by atoms with van der Waals surface area (Å²) >= 11 is 0. The van der Waals surface area contributed by atoms with Gasteiger partial charge in [-0.25, -0.2) is 4.39 Å². The van der Waals surface area contributed by atoms with Gasteiger partial charge in [0.1, 0.15) is 12.0 Å². The largest absolute Gasteiger partial charge is 0.375 e. The van der Waals surface area contributed by atoms with E-state index in [1.807, 2.05) is 20.8 Å². The predicted molar refractivity (Wildman–Crippen MR) is 104 cm³/mol. The van der Waals surface area contributed by atoms with Gasteiger partial charge in [0, 0.05) is 18.0 Å². The van der Waals surface area contributed by atoms with E-state index < -0.39 is 6.23 Å². The van der Waals surface area contributed by atoms with Crippen molar-refractivity contribution in [1.29, 1.82) is 0 Å². The molecule has 4 unspecified atom stereocenters. The van der Waals surface area contributed by atoms with E-state index in [0.29, 0.717) is 6.04 Å². The number of aryl methyl sites for hydroxylation is 1. The Labute approximate surface area is 160 Å². The lowest BCUT2D eigenvalue weighted by atomic mass is 9.76. The molecule has 0 saturated carbocycles. The molecular formula is C21H30FN3O2. The summed E-state index contributed by atoms with van der Waals surface area (Å²) < 4.78 is 13.3. The zero-order valence-corrected chi connectivity index (χ0v) is 16.5. The van der Waals surface area contributed by atoms with Crippen LogP contribution in [-0.4, -0.2) is 35.9 Å². The molecule has 3 rings (SSSR count). The van der Waals surface area contributed by atoms with Gasteiger partial charge < -0.3 is 15.7 Å². The number of carbonyl (C=O) groups is 1. The van der Waals surface area contributed by atoms with Crippen molar-refractivity contribution < 1.29 is 14.3 Å². The number of hydrogen-bond acceptors (Lipinski definition) is 4. The van der Waals surface area contributed by atoms with E-state index in [1.54, 1.807) is 6.07 Å². The minimum Gasteiger partial charge on any atom is -0.375 e. The van der Waals surface area contributed by atoms with Gasteiger partial charge in [0.2, 0.25) is 5.91 Å². The second kappa shape index (κ2) is 8.09. The molecule has 148 valence electrons. The standard InChI is InChI=1S/C21H30FN3O2/c1-11-9-15(22)5-6-16(11)13(3)24-19(26)10-17-12(2)20-14(4)23-8-7-18(20)25-21(17)27/h5-6,9,13-14,18,20-21,23,25,27H,7-8,10H2,1-4H3,(H,24,26)/t13-,14?,18?,20?,21?/m0/s1. The summed E-state index contributed by atoms with van der Waals surface area (Å²) in [5, 5.41) is 20.3. The number of aliphatic hydroxyl groups is 1. The number of halogens is 1. The van der Waals surface area contributed by atoms with Crippen LogP contribution in [0.4, 0.5) is 4.39 Å². The Morgan fingerprint density at radius 1 is 1.41 bits per heavy atom. The molecule has 1 amide bonds. The molecule has 5 nitrogen and oxygen atoms in total. The zero-order chi connectivity index (χ0) is 19.7. The van der Waals surface area contributed by atoms with E-state index in [1.165, 1.54) is 12.1 Å². The van der Waals surface area contributed by atoms with Gasteiger partial charge in [0.05, 0.1) is 12.5 Å². The van der Waals surface area contributed by atoms with Crippen LogP contribution in [0.1, 0.15) is 50.8 Å². The summed E-state index contributed by atoms with van der Waals surface area (Å²) in [5.41, 5.74) is 3.56. The molecule has 27 heavy (non-hydrogen) atoms. The minimum absolute atomic E-state index is 0.142. The van der Waals surface area contributed by atoms with Gasteiger partial charge in [-0.2, -0.15) is 0 Å². The topological polar surface area (TPSA) is 73.4 Å². The van der Waals surface area contributed by atoms with Crippen molar-refractivity contribution in [2.24, 2.45) is 5.92 Å². The van der Waals surface area contributed by atoms with Gasteiger partial charge in [-0.3, -0.25) is 10.1 Å². The highest BCUT2D eigenvalue weighted by Crippen LogP contribution is 2.33. The van der Waals surface area contributed by atoms with Gasteiger partial charge in [-0.15, -0.1) is 0 Å². The average molecular weight is 375 g/mol. The molecule has 1 aromatic rings. The number of hydrogen-bond donors (Lipinski definition) is 4. The van der Waals surface area contributed by atoms with Crippen LogP contribution in [0, 0.1) is 18.7 Å². The van der Waals surface area contributed by atoms with Crippen molar-refractivity contribution in [2.45, 2.75) is 64.9 Å². The normalized spacial score (nSPS) is 29.3. The van der Waals surface area contributed by atoms with Crippen molar-refractivity contribution in [3.8, 4) is 0 Å². The monoisotopic (exact) mass is 375 g/mol. The first-order valence-corrected chi connectivity index (χ1v) is 9.70. The van der Waals surface area contributed by atoms with Crippen LogP contribution in [0.15, 0.2) is 29.3 Å². The number of fused-ring (bicyclic) bond motifs is 1. The molecule has 2 aliphatic heterocycles. The minimum atomic E-state index is -0.787. The Balaban J connectivity index is 1.71. The lowest BCUT2D eigenvalue weighted by Crippen LogP contribution is -2.58. The summed E-state index contributed by atoms with van der Waals surface area (Å²) in [6.45, 7) is 8.83. The first kappa shape index (κ1) is 20.0. The molecule has 2 heterocycles. The highest BCUT2D eigenvalue weighted by atomic mass is 19.1. The molecule has 0 spiro atoms. The van der Waals surface area contributed by atoms with E-state index >= 15 is 0 Å². The Bertz CT molecular complexity index is 749. The Hall–Kier alpha value is -1.76. The van der Waals surface area contributed by atoms with Crippen molar-refractivity contribution >= 4 is 5.91 Å². The van der Waals surface area contributed by atoms with Crippen LogP contribution >= 0.6 is 0 Å². The third kappa shape index (κ3) is 4.23. The molecule has 5 atom stereocenters. The molecule has 2 aliphatic rings. The maximum atomic E-state index is 13.3. The second-order valence-electron chi connectivity index (χ2n) is 7.91. The molecule has 0 aromatic heterocycles. The van der Waals surface area contributed by atoms with E-state index in [0.717, 1.165) is 35.2 Å². The molecule has 1 aromatic carbocycles. The van der Waals surface area contributed by atoms with Gasteiger partial charge in [-0.05, 0) is 69.5 Å². The number of nitrogens with one attached hydrogen (secondary N) is 3. The maximum Gasteiger partial charge on any atom is 0.224 e. The third-order valence-electron chi connectivity index (χ3n) is 6.03. The van der Waals surface area contributed by atoms with E-state index in [9.17, 15) is 14.3 Å².